The van der Waals surface area contributed by atoms with Crippen LogP contribution in [0.3, 0.4) is 0 Å². The molecule has 6 heteroatoms. The van der Waals surface area contributed by atoms with E-state index in [1.807, 2.05) is 7.05 Å². The lowest BCUT2D eigenvalue weighted by Gasteiger charge is -2.35. The highest BCUT2D eigenvalue weighted by molar-refractivity contribution is 4.77. The lowest BCUT2D eigenvalue weighted by Crippen LogP contribution is -2.42. The maximum absolute atomic E-state index is 11.9. The van der Waals surface area contributed by atoms with E-state index in [1.165, 1.54) is 6.42 Å². The zero-order valence-electron chi connectivity index (χ0n) is 10.9. The average Bonchev–Trinajstić information content (AvgIpc) is 2.32. The van der Waals surface area contributed by atoms with Crippen LogP contribution in [0.15, 0.2) is 0 Å². The van der Waals surface area contributed by atoms with E-state index in [9.17, 15) is 13.2 Å². The molecular formula is C12H23F3N2O. The lowest BCUT2D eigenvalue weighted by atomic mass is 9.99. The minimum Gasteiger partial charge on any atom is -0.371 e. The van der Waals surface area contributed by atoms with Gasteiger partial charge in [0.2, 0.25) is 0 Å². The van der Waals surface area contributed by atoms with Crippen molar-refractivity contribution in [2.75, 3.05) is 39.9 Å². The summed E-state index contributed by atoms with van der Waals surface area (Å²) in [6.07, 6.45) is 0.327. The van der Waals surface area contributed by atoms with Crippen LogP contribution in [0.5, 0.6) is 0 Å². The van der Waals surface area contributed by atoms with Gasteiger partial charge in [0.1, 0.15) is 6.61 Å². The van der Waals surface area contributed by atoms with Crippen LogP contribution in [-0.2, 0) is 4.74 Å². The molecule has 0 saturated carbocycles. The molecule has 0 spiro atoms. The number of hydrogen-bond acceptors (Lipinski definition) is 3. The molecule has 1 fully saturated rings. The maximum atomic E-state index is 11.9. The minimum absolute atomic E-state index is 0.162. The van der Waals surface area contributed by atoms with Crippen LogP contribution in [0, 0.1) is 0 Å². The molecule has 0 aromatic rings. The Hall–Kier alpha value is -0.330. The molecule has 0 radical (unpaired) electrons. The van der Waals surface area contributed by atoms with Gasteiger partial charge < -0.3 is 10.1 Å². The predicted octanol–water partition coefficient (Wildman–Crippen LogP) is 2.03. The Kier molecular flexibility index (Phi) is 6.96. The Balaban J connectivity index is 2.20. The fraction of sp³-hybridized carbons (Fsp3) is 1.00. The Morgan fingerprint density at radius 2 is 2.11 bits per heavy atom. The summed E-state index contributed by atoms with van der Waals surface area (Å²) in [5.74, 6) is 0. The van der Waals surface area contributed by atoms with Gasteiger partial charge in [-0.25, -0.2) is 0 Å². The third-order valence-corrected chi connectivity index (χ3v) is 3.27. The van der Waals surface area contributed by atoms with Crippen LogP contribution in [0.25, 0.3) is 0 Å². The highest BCUT2D eigenvalue weighted by Crippen LogP contribution is 2.19. The quantitative estimate of drug-likeness (QED) is 0.715. The number of halogens is 3. The fourth-order valence-electron chi connectivity index (χ4n) is 2.36. The Bertz CT molecular complexity index is 224. The summed E-state index contributed by atoms with van der Waals surface area (Å²) in [4.78, 5) is 2.26. The topological polar surface area (TPSA) is 24.5 Å². The van der Waals surface area contributed by atoms with Gasteiger partial charge in [-0.2, -0.15) is 13.2 Å². The molecule has 108 valence electrons. The van der Waals surface area contributed by atoms with Gasteiger partial charge in [0, 0.05) is 12.6 Å². The van der Waals surface area contributed by atoms with Crippen molar-refractivity contribution in [2.45, 2.75) is 37.9 Å². The molecule has 1 aliphatic rings. The van der Waals surface area contributed by atoms with Crippen molar-refractivity contribution >= 4 is 0 Å². The van der Waals surface area contributed by atoms with Crippen LogP contribution < -0.4 is 5.32 Å². The Morgan fingerprint density at radius 3 is 2.78 bits per heavy atom. The number of nitrogens with zero attached hydrogens (tertiary/aromatic N) is 1. The van der Waals surface area contributed by atoms with Crippen molar-refractivity contribution in [3.8, 4) is 0 Å². The molecule has 0 amide bonds. The molecule has 1 rings (SSSR count). The van der Waals surface area contributed by atoms with Gasteiger partial charge in [-0.05, 0) is 39.4 Å². The summed E-state index contributed by atoms with van der Waals surface area (Å²) in [6, 6.07) is 0.487. The number of piperidine rings is 1. The van der Waals surface area contributed by atoms with Crippen LogP contribution in [0.1, 0.15) is 25.7 Å². The number of likely N-dealkylation sites (tertiary alicyclic amines) is 1. The van der Waals surface area contributed by atoms with E-state index in [-0.39, 0.29) is 6.61 Å². The summed E-state index contributed by atoms with van der Waals surface area (Å²) in [5.41, 5.74) is 0. The molecule has 1 atom stereocenters. The van der Waals surface area contributed by atoms with Crippen molar-refractivity contribution in [3.05, 3.63) is 0 Å². The third kappa shape index (κ3) is 6.56. The predicted molar refractivity (Wildman–Crippen MR) is 64.6 cm³/mol. The molecule has 1 heterocycles. The van der Waals surface area contributed by atoms with E-state index in [0.29, 0.717) is 12.6 Å². The average molecular weight is 268 g/mol. The van der Waals surface area contributed by atoms with Gasteiger partial charge >= 0.3 is 6.18 Å². The number of nitrogens with one attached hydrogen (secondary N) is 1. The number of alkyl halides is 3. The highest BCUT2D eigenvalue weighted by atomic mass is 19.4. The minimum atomic E-state index is -4.21. The van der Waals surface area contributed by atoms with Gasteiger partial charge in [-0.15, -0.1) is 0 Å². The van der Waals surface area contributed by atoms with Crippen molar-refractivity contribution in [2.24, 2.45) is 0 Å². The summed E-state index contributed by atoms with van der Waals surface area (Å²) in [6.45, 7) is 1.55. The molecule has 1 aliphatic heterocycles. The molecule has 1 saturated heterocycles. The first kappa shape index (κ1) is 15.7. The van der Waals surface area contributed by atoms with Crippen LogP contribution in [-0.4, -0.2) is 57.0 Å². The summed E-state index contributed by atoms with van der Waals surface area (Å²) < 4.78 is 40.4. The monoisotopic (exact) mass is 268 g/mol. The van der Waals surface area contributed by atoms with Crippen molar-refractivity contribution in [1.82, 2.24) is 10.2 Å². The fourth-order valence-corrected chi connectivity index (χ4v) is 2.36. The first-order valence-electron chi connectivity index (χ1n) is 6.56. The largest absolute Gasteiger partial charge is 0.411 e. The molecule has 0 aromatic carbocycles. The van der Waals surface area contributed by atoms with Gasteiger partial charge in [0.15, 0.2) is 0 Å². The molecular weight excluding hydrogens is 245 g/mol. The van der Waals surface area contributed by atoms with Gasteiger partial charge in [0.05, 0.1) is 6.61 Å². The molecule has 0 aromatic heterocycles. The number of rotatable bonds is 7. The smallest absolute Gasteiger partial charge is 0.371 e. The molecule has 1 unspecified atom stereocenters. The first-order chi connectivity index (χ1) is 8.53. The third-order valence-electron chi connectivity index (χ3n) is 3.27. The Morgan fingerprint density at radius 1 is 1.33 bits per heavy atom. The van der Waals surface area contributed by atoms with Crippen LogP contribution in [0.4, 0.5) is 13.2 Å². The van der Waals surface area contributed by atoms with Gasteiger partial charge in [-0.1, -0.05) is 6.42 Å². The van der Waals surface area contributed by atoms with Crippen LogP contribution in [0.2, 0.25) is 0 Å². The van der Waals surface area contributed by atoms with E-state index in [2.05, 4.69) is 15.0 Å². The Labute approximate surface area is 107 Å². The van der Waals surface area contributed by atoms with E-state index >= 15 is 0 Å². The normalized spacial score (nSPS) is 22.3. The van der Waals surface area contributed by atoms with Gasteiger partial charge in [-0.3, -0.25) is 4.90 Å². The van der Waals surface area contributed by atoms with E-state index in [0.717, 1.165) is 32.4 Å². The van der Waals surface area contributed by atoms with Crippen molar-refractivity contribution in [3.63, 3.8) is 0 Å². The molecule has 0 bridgehead atoms. The maximum Gasteiger partial charge on any atom is 0.411 e. The second-order valence-electron chi connectivity index (χ2n) is 4.75. The highest BCUT2D eigenvalue weighted by Gasteiger charge is 2.28. The molecule has 18 heavy (non-hydrogen) atoms. The van der Waals surface area contributed by atoms with Crippen LogP contribution >= 0.6 is 0 Å². The zero-order valence-corrected chi connectivity index (χ0v) is 10.9. The van der Waals surface area contributed by atoms with E-state index in [1.54, 1.807) is 0 Å². The standard InChI is InChI=1S/C12H23F3N2O/c1-16-6-5-11-4-2-3-7-17(11)8-9-18-10-12(13,14)15/h11,16H,2-10H2,1H3. The zero-order chi connectivity index (χ0) is 13.4. The first-order valence-corrected chi connectivity index (χ1v) is 6.56. The SMILES string of the molecule is CNCCC1CCCCN1CCOCC(F)(F)F. The lowest BCUT2D eigenvalue weighted by molar-refractivity contribution is -0.175. The summed E-state index contributed by atoms with van der Waals surface area (Å²) >= 11 is 0. The second-order valence-corrected chi connectivity index (χ2v) is 4.75. The summed E-state index contributed by atoms with van der Waals surface area (Å²) in [5, 5.41) is 3.12. The summed E-state index contributed by atoms with van der Waals surface area (Å²) in [7, 11) is 1.92. The van der Waals surface area contributed by atoms with E-state index < -0.39 is 12.8 Å². The molecule has 0 aliphatic carbocycles. The van der Waals surface area contributed by atoms with Gasteiger partial charge in [0.25, 0.3) is 0 Å². The van der Waals surface area contributed by atoms with Crippen molar-refractivity contribution < 1.29 is 17.9 Å². The molecule has 1 N–H and O–H groups in total. The van der Waals surface area contributed by atoms with E-state index in [4.69, 9.17) is 0 Å². The molecule has 3 nitrogen and oxygen atoms in total. The second kappa shape index (κ2) is 7.96. The number of hydrogen-bond donors (Lipinski definition) is 1. The van der Waals surface area contributed by atoms with Crippen molar-refractivity contribution in [1.29, 1.82) is 0 Å². The number of ether oxygens (including phenoxy) is 1.